The lowest BCUT2D eigenvalue weighted by Gasteiger charge is -2.09. The summed E-state index contributed by atoms with van der Waals surface area (Å²) in [6.07, 6.45) is 2.83. The van der Waals surface area contributed by atoms with Gasteiger partial charge in [0.25, 0.3) is 5.91 Å². The zero-order valence-electron chi connectivity index (χ0n) is 14.6. The second-order valence-electron chi connectivity index (χ2n) is 5.59. The second kappa shape index (κ2) is 8.41. The minimum atomic E-state index is -0.914. The summed E-state index contributed by atoms with van der Waals surface area (Å²) in [4.78, 5) is 31.8. The molecule has 1 amide bonds. The van der Waals surface area contributed by atoms with E-state index < -0.39 is 17.5 Å². The number of ketones is 1. The Morgan fingerprint density at radius 1 is 1.25 bits per heavy atom. The maximum Gasteiger partial charge on any atom is 0.272 e. The third kappa shape index (κ3) is 4.00. The number of aromatic nitrogens is 2. The highest BCUT2D eigenvalue weighted by atomic mass is 35.5. The summed E-state index contributed by atoms with van der Waals surface area (Å²) in [5.41, 5.74) is 0.171. The van der Waals surface area contributed by atoms with E-state index in [1.54, 1.807) is 19.1 Å². The van der Waals surface area contributed by atoms with Crippen molar-refractivity contribution in [1.82, 2.24) is 9.97 Å². The lowest BCUT2D eigenvalue weighted by Crippen LogP contribution is -2.14. The Morgan fingerprint density at radius 3 is 2.75 bits per heavy atom. The van der Waals surface area contributed by atoms with Crippen LogP contribution in [0.5, 0.6) is 5.88 Å². The molecule has 28 heavy (non-hydrogen) atoms. The molecule has 1 aromatic carbocycles. The number of carbonyl (C=O) groups is 2. The Balaban J connectivity index is 1.84. The Hall–Kier alpha value is -2.90. The fourth-order valence-electron chi connectivity index (χ4n) is 2.46. The van der Waals surface area contributed by atoms with Gasteiger partial charge in [-0.05, 0) is 37.3 Å². The van der Waals surface area contributed by atoms with Crippen LogP contribution < -0.4 is 10.1 Å². The minimum absolute atomic E-state index is 0.0597. The molecular weight excluding hydrogens is 408 g/mol. The number of ether oxygens (including phenoxy) is 1. The molecule has 0 aliphatic carbocycles. The van der Waals surface area contributed by atoms with Gasteiger partial charge >= 0.3 is 0 Å². The summed E-state index contributed by atoms with van der Waals surface area (Å²) in [5, 5.41) is 2.35. The molecular formula is C19H14Cl2FN3O3. The van der Waals surface area contributed by atoms with Crippen molar-refractivity contribution in [2.45, 2.75) is 6.92 Å². The molecule has 0 aliphatic rings. The van der Waals surface area contributed by atoms with Gasteiger partial charge in [-0.2, -0.15) is 0 Å². The first-order valence-electron chi connectivity index (χ1n) is 8.18. The molecule has 0 aliphatic heterocycles. The number of amides is 1. The van der Waals surface area contributed by atoms with Crippen LogP contribution in [0.3, 0.4) is 0 Å². The largest absolute Gasteiger partial charge is 0.476 e. The third-order valence-electron chi connectivity index (χ3n) is 3.76. The van der Waals surface area contributed by atoms with E-state index in [1.807, 2.05) is 0 Å². The van der Waals surface area contributed by atoms with E-state index in [4.69, 9.17) is 27.9 Å². The van der Waals surface area contributed by atoms with Crippen LogP contribution >= 0.6 is 23.2 Å². The molecule has 9 heteroatoms. The van der Waals surface area contributed by atoms with Crippen LogP contribution in [0.25, 0.3) is 0 Å². The summed E-state index contributed by atoms with van der Waals surface area (Å²) in [6.45, 7) is 2.18. The molecule has 3 aromatic rings. The van der Waals surface area contributed by atoms with E-state index in [9.17, 15) is 14.0 Å². The van der Waals surface area contributed by atoms with Crippen molar-refractivity contribution in [3.8, 4) is 5.88 Å². The molecule has 0 saturated carbocycles. The van der Waals surface area contributed by atoms with Gasteiger partial charge in [0.1, 0.15) is 11.4 Å². The van der Waals surface area contributed by atoms with E-state index in [0.29, 0.717) is 12.3 Å². The monoisotopic (exact) mass is 421 g/mol. The van der Waals surface area contributed by atoms with Crippen LogP contribution in [-0.2, 0) is 0 Å². The first-order chi connectivity index (χ1) is 13.4. The van der Waals surface area contributed by atoms with Gasteiger partial charge in [-0.1, -0.05) is 23.2 Å². The number of aromatic amines is 1. The van der Waals surface area contributed by atoms with Gasteiger partial charge in [0, 0.05) is 18.0 Å². The molecule has 6 nitrogen and oxygen atoms in total. The van der Waals surface area contributed by atoms with E-state index in [1.165, 1.54) is 30.6 Å². The predicted molar refractivity (Wildman–Crippen MR) is 104 cm³/mol. The second-order valence-corrected chi connectivity index (χ2v) is 6.41. The van der Waals surface area contributed by atoms with Crippen LogP contribution in [-0.4, -0.2) is 28.3 Å². The quantitative estimate of drug-likeness (QED) is 0.444. The maximum atomic E-state index is 14.2. The number of pyridine rings is 1. The van der Waals surface area contributed by atoms with Crippen molar-refractivity contribution in [3.05, 3.63) is 75.4 Å². The van der Waals surface area contributed by atoms with E-state index in [0.717, 1.165) is 0 Å². The molecule has 3 rings (SSSR count). The number of nitrogens with zero attached hydrogens (tertiary/aromatic N) is 1. The van der Waals surface area contributed by atoms with Crippen LogP contribution in [0, 0.1) is 5.82 Å². The van der Waals surface area contributed by atoms with Gasteiger partial charge in [0.2, 0.25) is 5.88 Å². The summed E-state index contributed by atoms with van der Waals surface area (Å²) in [7, 11) is 0. The summed E-state index contributed by atoms with van der Waals surface area (Å²) >= 11 is 11.7. The zero-order valence-corrected chi connectivity index (χ0v) is 16.1. The smallest absolute Gasteiger partial charge is 0.272 e. The number of hydrogen-bond donors (Lipinski definition) is 2. The van der Waals surface area contributed by atoms with Crippen LogP contribution in [0.2, 0.25) is 10.0 Å². The Morgan fingerprint density at radius 2 is 2.00 bits per heavy atom. The van der Waals surface area contributed by atoms with Gasteiger partial charge in [-0.25, -0.2) is 9.37 Å². The van der Waals surface area contributed by atoms with Gasteiger partial charge in [-0.15, -0.1) is 0 Å². The number of rotatable bonds is 6. The average molecular weight is 422 g/mol. The van der Waals surface area contributed by atoms with Crippen molar-refractivity contribution >= 4 is 40.6 Å². The number of H-pyrrole nitrogens is 1. The van der Waals surface area contributed by atoms with Crippen molar-refractivity contribution in [2.75, 3.05) is 11.9 Å². The maximum absolute atomic E-state index is 14.2. The van der Waals surface area contributed by atoms with Gasteiger partial charge in [-0.3, -0.25) is 9.59 Å². The Labute approximate surface area is 169 Å². The number of hydrogen-bond acceptors (Lipinski definition) is 4. The van der Waals surface area contributed by atoms with E-state index in [-0.39, 0.29) is 32.7 Å². The predicted octanol–water partition coefficient (Wildman–Crippen LogP) is 4.74. The molecule has 0 spiro atoms. The van der Waals surface area contributed by atoms with Gasteiger partial charge in [0.15, 0.2) is 11.6 Å². The highest BCUT2D eigenvalue weighted by Crippen LogP contribution is 2.28. The average Bonchev–Trinajstić information content (AvgIpc) is 3.17. The normalized spacial score (nSPS) is 10.6. The Kier molecular flexibility index (Phi) is 5.96. The number of anilines is 1. The highest BCUT2D eigenvalue weighted by Gasteiger charge is 2.22. The fourth-order valence-corrected chi connectivity index (χ4v) is 2.85. The SMILES string of the molecule is CCOc1ncccc1NC(=O)c1cc(C(=O)c2c(Cl)ccc(Cl)c2F)c[nH]1. The molecule has 2 aromatic heterocycles. The van der Waals surface area contributed by atoms with Gasteiger partial charge < -0.3 is 15.0 Å². The Bertz CT molecular complexity index is 1050. The minimum Gasteiger partial charge on any atom is -0.476 e. The lowest BCUT2D eigenvalue weighted by atomic mass is 10.0. The standard InChI is InChI=1S/C19H14Cl2FN3O3/c1-2-28-19-13(4-3-7-23-19)25-18(27)14-8-10(9-24-14)17(26)15-11(20)5-6-12(21)16(15)22/h3-9,24H,2H2,1H3,(H,25,27). The van der Waals surface area contributed by atoms with Gasteiger partial charge in [0.05, 0.1) is 22.2 Å². The van der Waals surface area contributed by atoms with Crippen LogP contribution in [0.4, 0.5) is 10.1 Å². The van der Waals surface area contributed by atoms with Crippen molar-refractivity contribution < 1.29 is 18.7 Å². The van der Waals surface area contributed by atoms with Crippen molar-refractivity contribution in [3.63, 3.8) is 0 Å². The summed E-state index contributed by atoms with van der Waals surface area (Å²) < 4.78 is 19.6. The zero-order chi connectivity index (χ0) is 20.3. The number of nitrogens with one attached hydrogen (secondary N) is 2. The van der Waals surface area contributed by atoms with Crippen molar-refractivity contribution in [1.29, 1.82) is 0 Å². The fraction of sp³-hybridized carbons (Fsp3) is 0.105. The van der Waals surface area contributed by atoms with Crippen LogP contribution in [0.15, 0.2) is 42.7 Å². The topological polar surface area (TPSA) is 84.1 Å². The number of benzene rings is 1. The summed E-state index contributed by atoms with van der Waals surface area (Å²) in [5.74, 6) is -1.86. The van der Waals surface area contributed by atoms with Crippen molar-refractivity contribution in [2.24, 2.45) is 0 Å². The number of carbonyl (C=O) groups excluding carboxylic acids is 2. The first-order valence-corrected chi connectivity index (χ1v) is 8.93. The van der Waals surface area contributed by atoms with Crippen LogP contribution in [0.1, 0.15) is 33.3 Å². The molecule has 0 saturated heterocycles. The molecule has 0 radical (unpaired) electrons. The number of halogens is 3. The molecule has 2 heterocycles. The first kappa shape index (κ1) is 19.9. The lowest BCUT2D eigenvalue weighted by molar-refractivity contribution is 0.102. The summed E-state index contributed by atoms with van der Waals surface area (Å²) in [6, 6.07) is 7.16. The molecule has 0 fully saturated rings. The third-order valence-corrected chi connectivity index (χ3v) is 4.37. The molecule has 0 bridgehead atoms. The van der Waals surface area contributed by atoms with E-state index >= 15 is 0 Å². The molecule has 2 N–H and O–H groups in total. The highest BCUT2D eigenvalue weighted by molar-refractivity contribution is 6.37. The molecule has 0 atom stereocenters. The molecule has 0 unspecified atom stereocenters. The molecule has 144 valence electrons. The van der Waals surface area contributed by atoms with E-state index in [2.05, 4.69) is 15.3 Å².